The number of piperazine rings is 1. The highest BCUT2D eigenvalue weighted by Crippen LogP contribution is 2.27. The molecule has 0 amide bonds. The van der Waals surface area contributed by atoms with E-state index in [0.717, 1.165) is 38.2 Å². The van der Waals surface area contributed by atoms with Crippen molar-refractivity contribution >= 4 is 9.84 Å². The summed E-state index contributed by atoms with van der Waals surface area (Å²) in [5.41, 5.74) is 1.39. The molecule has 0 radical (unpaired) electrons. The van der Waals surface area contributed by atoms with Gasteiger partial charge in [-0.2, -0.15) is 5.10 Å². The maximum atomic E-state index is 12.3. The molecule has 2 aromatic rings. The van der Waals surface area contributed by atoms with Gasteiger partial charge in [-0.15, -0.1) is 0 Å². The number of benzene rings is 1. The lowest BCUT2D eigenvalue weighted by molar-refractivity contribution is 0.0800. The molecule has 1 aromatic carbocycles. The smallest absolute Gasteiger partial charge is 0.268 e. The summed E-state index contributed by atoms with van der Waals surface area (Å²) in [5, 5.41) is 4.55. The number of aromatic nitrogens is 2. The van der Waals surface area contributed by atoms with Crippen molar-refractivity contribution in [3.05, 3.63) is 46.8 Å². The quantitative estimate of drug-likeness (QED) is 0.706. The molecule has 9 heteroatoms. The van der Waals surface area contributed by atoms with E-state index >= 15 is 0 Å². The zero-order chi connectivity index (χ0) is 20.4. The summed E-state index contributed by atoms with van der Waals surface area (Å²) in [6.07, 6.45) is 0.726. The van der Waals surface area contributed by atoms with Crippen LogP contribution in [0.4, 0.5) is 0 Å². The summed E-state index contributed by atoms with van der Waals surface area (Å²) < 4.78 is 30.4. The molecule has 0 aliphatic carbocycles. The predicted molar refractivity (Wildman–Crippen MR) is 111 cm³/mol. The zero-order valence-electron chi connectivity index (χ0n) is 16.5. The van der Waals surface area contributed by atoms with Gasteiger partial charge in [0.2, 0.25) is 0 Å². The fourth-order valence-corrected chi connectivity index (χ4v) is 5.83. The second-order valence-corrected chi connectivity index (χ2v) is 9.84. The minimum atomic E-state index is -2.87. The van der Waals surface area contributed by atoms with Gasteiger partial charge in [-0.05, 0) is 24.6 Å². The first-order valence-electron chi connectivity index (χ1n) is 9.83. The Kier molecular flexibility index (Phi) is 5.71. The van der Waals surface area contributed by atoms with Crippen LogP contribution in [0.25, 0.3) is 11.3 Å². The van der Waals surface area contributed by atoms with Gasteiger partial charge in [-0.25, -0.2) is 13.1 Å². The molecule has 0 spiro atoms. The van der Waals surface area contributed by atoms with Crippen LogP contribution in [-0.2, 0) is 16.5 Å². The van der Waals surface area contributed by atoms with Gasteiger partial charge in [0.15, 0.2) is 9.84 Å². The van der Waals surface area contributed by atoms with Crippen LogP contribution in [0.15, 0.2) is 41.2 Å². The topological polar surface area (TPSA) is 84.7 Å². The minimum Gasteiger partial charge on any atom is -0.496 e. The normalized spacial score (nSPS) is 22.6. The Bertz CT molecular complexity index is 1030. The third-order valence-electron chi connectivity index (χ3n) is 5.72. The molecule has 0 unspecified atom stereocenters. The highest BCUT2D eigenvalue weighted by atomic mass is 32.2. The molecule has 4 rings (SSSR count). The Labute approximate surface area is 170 Å². The molecule has 3 heterocycles. The molecule has 156 valence electrons. The Balaban J connectivity index is 1.43. The number of sulfone groups is 1. The standard InChI is InChI=1S/C20H26N4O4S/c1-28-19-5-3-2-4-17(19)18-6-7-20(25)24(21-18)15-22-9-11-23(12-10-22)16-8-13-29(26,27)14-16/h2-7,16H,8-15H2,1H3/t16-/m1/s1. The van der Waals surface area contributed by atoms with Crippen molar-refractivity contribution in [2.45, 2.75) is 19.1 Å². The molecule has 0 N–H and O–H groups in total. The van der Waals surface area contributed by atoms with Gasteiger partial charge < -0.3 is 4.74 Å². The number of hydrogen-bond donors (Lipinski definition) is 0. The largest absolute Gasteiger partial charge is 0.496 e. The van der Waals surface area contributed by atoms with Gasteiger partial charge in [-0.1, -0.05) is 12.1 Å². The molecule has 29 heavy (non-hydrogen) atoms. The number of para-hydroxylation sites is 1. The molecule has 2 saturated heterocycles. The van der Waals surface area contributed by atoms with Crippen molar-refractivity contribution in [1.29, 1.82) is 0 Å². The third kappa shape index (κ3) is 4.52. The Morgan fingerprint density at radius 1 is 1.10 bits per heavy atom. The summed E-state index contributed by atoms with van der Waals surface area (Å²) in [6, 6.07) is 11.0. The van der Waals surface area contributed by atoms with Gasteiger partial charge in [0.1, 0.15) is 5.75 Å². The Hall–Kier alpha value is -2.23. The summed E-state index contributed by atoms with van der Waals surface area (Å²) in [7, 11) is -1.26. The van der Waals surface area contributed by atoms with E-state index in [2.05, 4.69) is 14.9 Å². The third-order valence-corrected chi connectivity index (χ3v) is 7.47. The van der Waals surface area contributed by atoms with E-state index in [9.17, 15) is 13.2 Å². The van der Waals surface area contributed by atoms with Gasteiger partial charge in [0, 0.05) is 43.9 Å². The second-order valence-electron chi connectivity index (χ2n) is 7.61. The fraction of sp³-hybridized carbons (Fsp3) is 0.500. The molecule has 0 saturated carbocycles. The number of rotatable bonds is 5. The van der Waals surface area contributed by atoms with Crippen LogP contribution in [-0.4, -0.2) is 78.8 Å². The Morgan fingerprint density at radius 2 is 1.86 bits per heavy atom. The van der Waals surface area contributed by atoms with E-state index in [1.807, 2.05) is 24.3 Å². The number of hydrogen-bond acceptors (Lipinski definition) is 7. The van der Waals surface area contributed by atoms with Crippen LogP contribution in [0.3, 0.4) is 0 Å². The predicted octanol–water partition coefficient (Wildman–Crippen LogP) is 0.681. The first-order chi connectivity index (χ1) is 13.9. The first kappa shape index (κ1) is 20.1. The summed E-state index contributed by atoms with van der Waals surface area (Å²) >= 11 is 0. The van der Waals surface area contributed by atoms with E-state index in [1.54, 1.807) is 13.2 Å². The summed E-state index contributed by atoms with van der Waals surface area (Å²) in [6.45, 7) is 3.59. The van der Waals surface area contributed by atoms with E-state index in [-0.39, 0.29) is 17.4 Å². The minimum absolute atomic E-state index is 0.136. The van der Waals surface area contributed by atoms with Crippen LogP contribution in [0.1, 0.15) is 6.42 Å². The van der Waals surface area contributed by atoms with Crippen LogP contribution in [0.5, 0.6) is 5.75 Å². The SMILES string of the molecule is COc1ccccc1-c1ccc(=O)n(CN2CCN([C@@H]3CCS(=O)(=O)C3)CC2)n1. The van der Waals surface area contributed by atoms with Crippen LogP contribution in [0.2, 0.25) is 0 Å². The molecule has 1 atom stereocenters. The summed E-state index contributed by atoms with van der Waals surface area (Å²) in [4.78, 5) is 16.8. The fourth-order valence-electron chi connectivity index (χ4n) is 4.07. The number of ether oxygens (including phenoxy) is 1. The van der Waals surface area contributed by atoms with Crippen molar-refractivity contribution in [2.75, 3.05) is 44.8 Å². The molecule has 1 aromatic heterocycles. The molecule has 2 aliphatic rings. The van der Waals surface area contributed by atoms with Crippen molar-refractivity contribution < 1.29 is 13.2 Å². The Morgan fingerprint density at radius 3 is 2.55 bits per heavy atom. The monoisotopic (exact) mass is 418 g/mol. The molecule has 8 nitrogen and oxygen atoms in total. The lowest BCUT2D eigenvalue weighted by Crippen LogP contribution is -2.51. The molecular formula is C20H26N4O4S. The highest BCUT2D eigenvalue weighted by Gasteiger charge is 2.33. The number of methoxy groups -OCH3 is 1. The summed E-state index contributed by atoms with van der Waals surface area (Å²) in [5.74, 6) is 1.28. The van der Waals surface area contributed by atoms with Gasteiger partial charge in [0.25, 0.3) is 5.56 Å². The molecule has 0 bridgehead atoms. The average Bonchev–Trinajstić information content (AvgIpc) is 3.10. The zero-order valence-corrected chi connectivity index (χ0v) is 17.3. The first-order valence-corrected chi connectivity index (χ1v) is 11.7. The molecular weight excluding hydrogens is 392 g/mol. The van der Waals surface area contributed by atoms with Crippen molar-refractivity contribution in [2.24, 2.45) is 0 Å². The number of nitrogens with zero attached hydrogens (tertiary/aromatic N) is 4. The lowest BCUT2D eigenvalue weighted by Gasteiger charge is -2.37. The maximum Gasteiger partial charge on any atom is 0.268 e. The van der Waals surface area contributed by atoms with Gasteiger partial charge >= 0.3 is 0 Å². The van der Waals surface area contributed by atoms with Crippen molar-refractivity contribution in [1.82, 2.24) is 19.6 Å². The average molecular weight is 419 g/mol. The maximum absolute atomic E-state index is 12.3. The van der Waals surface area contributed by atoms with Gasteiger partial charge in [0.05, 0.1) is 31.0 Å². The van der Waals surface area contributed by atoms with E-state index in [4.69, 9.17) is 4.74 Å². The second kappa shape index (κ2) is 8.25. The molecule has 2 fully saturated rings. The van der Waals surface area contributed by atoms with E-state index in [0.29, 0.717) is 23.9 Å². The molecule has 2 aliphatic heterocycles. The van der Waals surface area contributed by atoms with E-state index in [1.165, 1.54) is 10.7 Å². The lowest BCUT2D eigenvalue weighted by atomic mass is 10.1. The highest BCUT2D eigenvalue weighted by molar-refractivity contribution is 7.91. The van der Waals surface area contributed by atoms with Crippen molar-refractivity contribution in [3.63, 3.8) is 0 Å². The van der Waals surface area contributed by atoms with Crippen LogP contribution in [0, 0.1) is 0 Å². The van der Waals surface area contributed by atoms with Crippen molar-refractivity contribution in [3.8, 4) is 17.0 Å². The van der Waals surface area contributed by atoms with Crippen LogP contribution < -0.4 is 10.3 Å². The van der Waals surface area contributed by atoms with Gasteiger partial charge in [-0.3, -0.25) is 14.6 Å². The van der Waals surface area contributed by atoms with E-state index < -0.39 is 9.84 Å². The van der Waals surface area contributed by atoms with Crippen LogP contribution >= 0.6 is 0 Å².